The molecule has 0 bridgehead atoms. The van der Waals surface area contributed by atoms with Crippen LogP contribution in [0.4, 0.5) is 0 Å². The first-order valence-electron chi connectivity index (χ1n) is 5.76. The second-order valence-electron chi connectivity index (χ2n) is 3.93. The van der Waals surface area contributed by atoms with Gasteiger partial charge in [-0.1, -0.05) is 6.07 Å². The van der Waals surface area contributed by atoms with Crippen LogP contribution in [0.25, 0.3) is 0 Å². The van der Waals surface area contributed by atoms with Gasteiger partial charge in [0.05, 0.1) is 26.7 Å². The SMILES string of the molecule is COCc1ccc(OC)c(OC)c1C(CN)C(=O)O. The van der Waals surface area contributed by atoms with Crippen molar-refractivity contribution in [1.82, 2.24) is 0 Å². The molecule has 19 heavy (non-hydrogen) atoms. The zero-order chi connectivity index (χ0) is 14.4. The van der Waals surface area contributed by atoms with Crippen molar-refractivity contribution in [3.8, 4) is 11.5 Å². The van der Waals surface area contributed by atoms with Gasteiger partial charge >= 0.3 is 5.97 Å². The standard InChI is InChI=1S/C13H19NO5/c1-17-7-8-4-5-10(18-2)12(19-3)11(8)9(6-14)13(15)16/h4-5,9H,6-7,14H2,1-3H3,(H,15,16). The van der Waals surface area contributed by atoms with Crippen LogP contribution in [0.1, 0.15) is 17.0 Å². The summed E-state index contributed by atoms with van der Waals surface area (Å²) in [5.74, 6) is -1.02. The molecule has 0 saturated carbocycles. The normalized spacial score (nSPS) is 12.0. The first-order valence-corrected chi connectivity index (χ1v) is 5.76. The highest BCUT2D eigenvalue weighted by molar-refractivity contribution is 5.79. The van der Waals surface area contributed by atoms with Crippen LogP contribution in [0.3, 0.4) is 0 Å². The summed E-state index contributed by atoms with van der Waals surface area (Å²) in [6.07, 6.45) is 0. The fourth-order valence-corrected chi connectivity index (χ4v) is 2.00. The first kappa shape index (κ1) is 15.3. The lowest BCUT2D eigenvalue weighted by Gasteiger charge is -2.20. The molecule has 1 aromatic rings. The number of nitrogens with two attached hydrogens (primary N) is 1. The largest absolute Gasteiger partial charge is 0.493 e. The van der Waals surface area contributed by atoms with Crippen LogP contribution in [0.2, 0.25) is 0 Å². The molecule has 0 amide bonds. The summed E-state index contributed by atoms with van der Waals surface area (Å²) in [5, 5.41) is 9.29. The van der Waals surface area contributed by atoms with Crippen LogP contribution in [0.5, 0.6) is 11.5 Å². The van der Waals surface area contributed by atoms with E-state index >= 15 is 0 Å². The molecule has 1 unspecified atom stereocenters. The molecule has 0 aliphatic rings. The van der Waals surface area contributed by atoms with E-state index in [1.54, 1.807) is 19.2 Å². The third-order valence-electron chi connectivity index (χ3n) is 2.86. The quantitative estimate of drug-likeness (QED) is 0.766. The summed E-state index contributed by atoms with van der Waals surface area (Å²) in [4.78, 5) is 11.3. The van der Waals surface area contributed by atoms with E-state index in [9.17, 15) is 9.90 Å². The second kappa shape index (κ2) is 6.96. The Hall–Kier alpha value is -1.79. The van der Waals surface area contributed by atoms with Crippen molar-refractivity contribution < 1.29 is 24.1 Å². The minimum Gasteiger partial charge on any atom is -0.493 e. The maximum Gasteiger partial charge on any atom is 0.312 e. The Morgan fingerprint density at radius 3 is 2.42 bits per heavy atom. The topological polar surface area (TPSA) is 91.0 Å². The number of hydrogen-bond acceptors (Lipinski definition) is 5. The van der Waals surface area contributed by atoms with Gasteiger partial charge in [0.15, 0.2) is 11.5 Å². The van der Waals surface area contributed by atoms with E-state index < -0.39 is 11.9 Å². The summed E-state index contributed by atoms with van der Waals surface area (Å²) in [5.41, 5.74) is 6.79. The van der Waals surface area contributed by atoms with E-state index in [4.69, 9.17) is 19.9 Å². The Balaban J connectivity index is 3.47. The summed E-state index contributed by atoms with van der Waals surface area (Å²) in [6, 6.07) is 3.47. The van der Waals surface area contributed by atoms with E-state index in [1.165, 1.54) is 14.2 Å². The molecule has 0 aromatic heterocycles. The highest BCUT2D eigenvalue weighted by atomic mass is 16.5. The van der Waals surface area contributed by atoms with Gasteiger partial charge in [-0.05, 0) is 11.6 Å². The van der Waals surface area contributed by atoms with Crippen LogP contribution >= 0.6 is 0 Å². The van der Waals surface area contributed by atoms with Gasteiger partial charge in [0.25, 0.3) is 0 Å². The molecule has 1 atom stereocenters. The Bertz CT molecular complexity index is 447. The van der Waals surface area contributed by atoms with Crippen LogP contribution in [0.15, 0.2) is 12.1 Å². The van der Waals surface area contributed by atoms with Gasteiger partial charge in [-0.2, -0.15) is 0 Å². The third kappa shape index (κ3) is 3.15. The molecule has 0 radical (unpaired) electrons. The fourth-order valence-electron chi connectivity index (χ4n) is 2.00. The van der Waals surface area contributed by atoms with Crippen molar-refractivity contribution in [1.29, 1.82) is 0 Å². The number of rotatable bonds is 7. The summed E-state index contributed by atoms with van der Waals surface area (Å²) in [6.45, 7) is 0.245. The lowest BCUT2D eigenvalue weighted by atomic mass is 9.93. The Labute approximate surface area is 112 Å². The molecule has 0 heterocycles. The summed E-state index contributed by atoms with van der Waals surface area (Å²) < 4.78 is 15.6. The maximum absolute atomic E-state index is 11.3. The predicted molar refractivity (Wildman–Crippen MR) is 69.7 cm³/mol. The van der Waals surface area contributed by atoms with Gasteiger partial charge in [-0.25, -0.2) is 0 Å². The van der Waals surface area contributed by atoms with E-state index in [1.807, 2.05) is 0 Å². The van der Waals surface area contributed by atoms with Crippen molar-refractivity contribution in [2.75, 3.05) is 27.9 Å². The lowest BCUT2D eigenvalue weighted by molar-refractivity contribution is -0.138. The number of carboxylic acids is 1. The van der Waals surface area contributed by atoms with Gasteiger partial charge in [-0.3, -0.25) is 4.79 Å². The van der Waals surface area contributed by atoms with Gasteiger partial charge in [-0.15, -0.1) is 0 Å². The molecule has 6 heteroatoms. The smallest absolute Gasteiger partial charge is 0.312 e. The van der Waals surface area contributed by atoms with Crippen LogP contribution in [-0.2, 0) is 16.1 Å². The van der Waals surface area contributed by atoms with Gasteiger partial charge in [0.2, 0.25) is 0 Å². The number of benzene rings is 1. The summed E-state index contributed by atoms with van der Waals surface area (Å²) >= 11 is 0. The van der Waals surface area contributed by atoms with Crippen LogP contribution in [0, 0.1) is 0 Å². The van der Waals surface area contributed by atoms with Crippen molar-refractivity contribution in [3.63, 3.8) is 0 Å². The molecule has 1 rings (SSSR count). The van der Waals surface area contributed by atoms with E-state index in [0.717, 1.165) is 5.56 Å². The van der Waals surface area contributed by atoms with Crippen molar-refractivity contribution in [2.45, 2.75) is 12.5 Å². The minimum atomic E-state index is -1.01. The molecule has 6 nitrogen and oxygen atoms in total. The molecule has 0 aliphatic heterocycles. The fraction of sp³-hybridized carbons (Fsp3) is 0.462. The molecule has 0 aliphatic carbocycles. The zero-order valence-electron chi connectivity index (χ0n) is 11.3. The number of aliphatic carboxylic acids is 1. The molecule has 0 spiro atoms. The van der Waals surface area contributed by atoms with Crippen molar-refractivity contribution >= 4 is 5.97 Å². The molecule has 0 fully saturated rings. The Kier molecular flexibility index (Phi) is 5.59. The average Bonchev–Trinajstić information content (AvgIpc) is 2.40. The average molecular weight is 269 g/mol. The minimum absolute atomic E-state index is 0.0322. The zero-order valence-corrected chi connectivity index (χ0v) is 11.3. The van der Waals surface area contributed by atoms with Crippen LogP contribution < -0.4 is 15.2 Å². The number of carbonyl (C=O) groups is 1. The monoisotopic (exact) mass is 269 g/mol. The van der Waals surface area contributed by atoms with E-state index in [2.05, 4.69) is 0 Å². The van der Waals surface area contributed by atoms with Gasteiger partial charge in [0.1, 0.15) is 0 Å². The predicted octanol–water partition coefficient (Wildman–Crippen LogP) is 0.977. The van der Waals surface area contributed by atoms with E-state index in [0.29, 0.717) is 17.1 Å². The van der Waals surface area contributed by atoms with Crippen molar-refractivity contribution in [2.24, 2.45) is 5.73 Å². The second-order valence-corrected chi connectivity index (χ2v) is 3.93. The van der Waals surface area contributed by atoms with Gasteiger partial charge in [0, 0.05) is 19.2 Å². The third-order valence-corrected chi connectivity index (χ3v) is 2.86. The number of hydrogen-bond donors (Lipinski definition) is 2. The molecule has 3 N–H and O–H groups in total. The number of ether oxygens (including phenoxy) is 3. The molecule has 1 aromatic carbocycles. The highest BCUT2D eigenvalue weighted by Crippen LogP contribution is 2.38. The maximum atomic E-state index is 11.3. The highest BCUT2D eigenvalue weighted by Gasteiger charge is 2.27. The van der Waals surface area contributed by atoms with Crippen LogP contribution in [-0.4, -0.2) is 38.9 Å². The Morgan fingerprint density at radius 2 is 2.00 bits per heavy atom. The molecule has 0 saturated heterocycles. The van der Waals surface area contributed by atoms with E-state index in [-0.39, 0.29) is 13.2 Å². The molecular formula is C13H19NO5. The summed E-state index contributed by atoms with van der Waals surface area (Å²) in [7, 11) is 4.50. The molecule has 106 valence electrons. The Morgan fingerprint density at radius 1 is 1.32 bits per heavy atom. The lowest BCUT2D eigenvalue weighted by Crippen LogP contribution is -2.23. The number of methoxy groups -OCH3 is 3. The number of carboxylic acid groups (broad SMARTS) is 1. The first-order chi connectivity index (χ1) is 9.10. The van der Waals surface area contributed by atoms with Gasteiger partial charge < -0.3 is 25.1 Å². The van der Waals surface area contributed by atoms with Crippen molar-refractivity contribution in [3.05, 3.63) is 23.3 Å². The molecular weight excluding hydrogens is 250 g/mol.